The fourth-order valence-electron chi connectivity index (χ4n) is 1.38. The number of thioether (sulfide) groups is 1. The summed E-state index contributed by atoms with van der Waals surface area (Å²) in [6.07, 6.45) is 3.08. The predicted octanol–water partition coefficient (Wildman–Crippen LogP) is 1.51. The Hall–Kier alpha value is -0.610. The molecule has 1 saturated heterocycles. The van der Waals surface area contributed by atoms with E-state index in [2.05, 4.69) is 15.3 Å². The molecule has 1 N–H and O–H groups in total. The summed E-state index contributed by atoms with van der Waals surface area (Å²) in [5.74, 6) is 2.08. The molecule has 3 nitrogen and oxygen atoms in total. The normalized spacial score (nSPS) is 23.0. The summed E-state index contributed by atoms with van der Waals surface area (Å²) in [6.45, 7) is 3.03. The van der Waals surface area contributed by atoms with E-state index in [-0.39, 0.29) is 0 Å². The van der Waals surface area contributed by atoms with Crippen molar-refractivity contribution in [2.75, 3.05) is 12.3 Å². The lowest BCUT2D eigenvalue weighted by Crippen LogP contribution is -2.26. The number of nitrogens with zero attached hydrogens (tertiary/aromatic N) is 2. The average Bonchev–Trinajstić information content (AvgIpc) is 2.19. The SMILES string of the molecule is Cc1nccc(C2NCCCS2)n1. The summed E-state index contributed by atoms with van der Waals surface area (Å²) in [7, 11) is 0. The van der Waals surface area contributed by atoms with Gasteiger partial charge >= 0.3 is 0 Å². The Labute approximate surface area is 82.4 Å². The van der Waals surface area contributed by atoms with Crippen LogP contribution in [0.5, 0.6) is 0 Å². The molecule has 1 aliphatic heterocycles. The lowest BCUT2D eigenvalue weighted by atomic mass is 10.3. The number of hydrogen-bond donors (Lipinski definition) is 1. The molecule has 2 heterocycles. The van der Waals surface area contributed by atoms with Gasteiger partial charge in [-0.15, -0.1) is 11.8 Å². The van der Waals surface area contributed by atoms with E-state index in [0.29, 0.717) is 5.37 Å². The van der Waals surface area contributed by atoms with Crippen molar-refractivity contribution in [2.45, 2.75) is 18.7 Å². The van der Waals surface area contributed by atoms with Gasteiger partial charge in [-0.05, 0) is 31.7 Å². The van der Waals surface area contributed by atoms with Crippen molar-refractivity contribution in [3.05, 3.63) is 23.8 Å². The Morgan fingerprint density at radius 2 is 2.54 bits per heavy atom. The van der Waals surface area contributed by atoms with E-state index in [1.807, 2.05) is 30.9 Å². The third-order valence-corrected chi connectivity index (χ3v) is 3.27. The first-order valence-electron chi connectivity index (χ1n) is 4.51. The monoisotopic (exact) mass is 195 g/mol. The third kappa shape index (κ3) is 2.19. The van der Waals surface area contributed by atoms with E-state index in [0.717, 1.165) is 18.1 Å². The van der Waals surface area contributed by atoms with Gasteiger partial charge in [0.2, 0.25) is 0 Å². The second-order valence-corrected chi connectivity index (χ2v) is 4.30. The number of aryl methyl sites for hydroxylation is 1. The smallest absolute Gasteiger partial charge is 0.125 e. The molecule has 1 aromatic rings. The van der Waals surface area contributed by atoms with Crippen LogP contribution in [0.2, 0.25) is 0 Å². The van der Waals surface area contributed by atoms with Crippen LogP contribution in [0.4, 0.5) is 0 Å². The zero-order valence-corrected chi connectivity index (χ0v) is 8.47. The molecule has 0 radical (unpaired) electrons. The Balaban J connectivity index is 2.14. The molecule has 0 aromatic carbocycles. The lowest BCUT2D eigenvalue weighted by molar-refractivity contribution is 0.629. The maximum absolute atomic E-state index is 4.40. The quantitative estimate of drug-likeness (QED) is 0.737. The van der Waals surface area contributed by atoms with Crippen molar-refractivity contribution in [3.63, 3.8) is 0 Å². The second kappa shape index (κ2) is 4.07. The highest BCUT2D eigenvalue weighted by atomic mass is 32.2. The Bertz CT molecular complexity index is 284. The van der Waals surface area contributed by atoms with Gasteiger partial charge in [-0.3, -0.25) is 0 Å². The maximum atomic E-state index is 4.40. The largest absolute Gasteiger partial charge is 0.300 e. The summed E-state index contributed by atoms with van der Waals surface area (Å²) in [5.41, 5.74) is 1.11. The van der Waals surface area contributed by atoms with Crippen LogP contribution in [-0.2, 0) is 0 Å². The molecule has 70 valence electrons. The molecule has 1 aromatic heterocycles. The van der Waals surface area contributed by atoms with Gasteiger partial charge in [0.05, 0.1) is 11.1 Å². The van der Waals surface area contributed by atoms with Crippen LogP contribution in [0.25, 0.3) is 0 Å². The first-order valence-corrected chi connectivity index (χ1v) is 5.56. The zero-order valence-electron chi connectivity index (χ0n) is 7.66. The van der Waals surface area contributed by atoms with Gasteiger partial charge in [0.1, 0.15) is 5.82 Å². The molecule has 4 heteroatoms. The summed E-state index contributed by atoms with van der Waals surface area (Å²) < 4.78 is 0. The van der Waals surface area contributed by atoms with Crippen LogP contribution in [0.1, 0.15) is 23.3 Å². The minimum atomic E-state index is 0.371. The fraction of sp³-hybridized carbons (Fsp3) is 0.556. The standard InChI is InChI=1S/C9H13N3S/c1-7-10-5-3-8(12-7)9-11-4-2-6-13-9/h3,5,9,11H,2,4,6H2,1H3. The average molecular weight is 195 g/mol. The first-order chi connectivity index (χ1) is 6.36. The van der Waals surface area contributed by atoms with Crippen LogP contribution in [0, 0.1) is 6.92 Å². The first kappa shape index (κ1) is 8.97. The van der Waals surface area contributed by atoms with E-state index in [4.69, 9.17) is 0 Å². The van der Waals surface area contributed by atoms with Crippen molar-refractivity contribution in [2.24, 2.45) is 0 Å². The molecule has 1 fully saturated rings. The third-order valence-electron chi connectivity index (χ3n) is 2.00. The van der Waals surface area contributed by atoms with Gasteiger partial charge in [-0.2, -0.15) is 0 Å². The molecule has 0 bridgehead atoms. The van der Waals surface area contributed by atoms with E-state index in [1.165, 1.54) is 12.2 Å². The van der Waals surface area contributed by atoms with Crippen molar-refractivity contribution in [3.8, 4) is 0 Å². The molecule has 0 saturated carbocycles. The molecule has 0 aliphatic carbocycles. The Kier molecular flexibility index (Phi) is 2.80. The molecule has 1 atom stereocenters. The van der Waals surface area contributed by atoms with Gasteiger partial charge in [0.25, 0.3) is 0 Å². The Morgan fingerprint density at radius 1 is 1.62 bits per heavy atom. The highest BCUT2D eigenvalue weighted by Crippen LogP contribution is 2.27. The van der Waals surface area contributed by atoms with Crippen molar-refractivity contribution in [1.82, 2.24) is 15.3 Å². The number of nitrogens with one attached hydrogen (secondary N) is 1. The fourth-order valence-corrected chi connectivity index (χ4v) is 2.46. The van der Waals surface area contributed by atoms with Crippen LogP contribution < -0.4 is 5.32 Å². The van der Waals surface area contributed by atoms with Crippen LogP contribution in [0.15, 0.2) is 12.3 Å². The maximum Gasteiger partial charge on any atom is 0.125 e. The van der Waals surface area contributed by atoms with Crippen molar-refractivity contribution >= 4 is 11.8 Å². The van der Waals surface area contributed by atoms with Gasteiger partial charge in [0.15, 0.2) is 0 Å². The van der Waals surface area contributed by atoms with Gasteiger partial charge in [0, 0.05) is 6.20 Å². The van der Waals surface area contributed by atoms with Crippen molar-refractivity contribution < 1.29 is 0 Å². The van der Waals surface area contributed by atoms with Crippen LogP contribution in [0.3, 0.4) is 0 Å². The summed E-state index contributed by atoms with van der Waals surface area (Å²) in [4.78, 5) is 8.49. The molecular formula is C9H13N3S. The number of rotatable bonds is 1. The topological polar surface area (TPSA) is 37.8 Å². The van der Waals surface area contributed by atoms with E-state index in [1.54, 1.807) is 0 Å². The summed E-state index contributed by atoms with van der Waals surface area (Å²) in [5, 5.41) is 3.81. The van der Waals surface area contributed by atoms with Crippen LogP contribution in [-0.4, -0.2) is 22.3 Å². The molecule has 1 unspecified atom stereocenters. The van der Waals surface area contributed by atoms with Crippen molar-refractivity contribution in [1.29, 1.82) is 0 Å². The molecule has 0 amide bonds. The van der Waals surface area contributed by atoms with E-state index in [9.17, 15) is 0 Å². The summed E-state index contributed by atoms with van der Waals surface area (Å²) >= 11 is 1.92. The van der Waals surface area contributed by atoms with E-state index < -0.39 is 0 Å². The molecule has 1 aliphatic rings. The van der Waals surface area contributed by atoms with Gasteiger partial charge in [-0.25, -0.2) is 9.97 Å². The highest BCUT2D eigenvalue weighted by Gasteiger charge is 2.16. The van der Waals surface area contributed by atoms with Crippen LogP contribution >= 0.6 is 11.8 Å². The Morgan fingerprint density at radius 3 is 3.23 bits per heavy atom. The number of hydrogen-bond acceptors (Lipinski definition) is 4. The summed E-state index contributed by atoms with van der Waals surface area (Å²) in [6, 6.07) is 1.99. The minimum absolute atomic E-state index is 0.371. The lowest BCUT2D eigenvalue weighted by Gasteiger charge is -2.22. The van der Waals surface area contributed by atoms with E-state index >= 15 is 0 Å². The zero-order chi connectivity index (χ0) is 9.10. The predicted molar refractivity (Wildman–Crippen MR) is 54.6 cm³/mol. The minimum Gasteiger partial charge on any atom is -0.300 e. The number of aromatic nitrogens is 2. The molecule has 0 spiro atoms. The molecule has 2 rings (SSSR count). The second-order valence-electron chi connectivity index (χ2n) is 3.09. The molecule has 13 heavy (non-hydrogen) atoms. The molecular weight excluding hydrogens is 182 g/mol. The van der Waals surface area contributed by atoms with Gasteiger partial charge < -0.3 is 5.32 Å². The highest BCUT2D eigenvalue weighted by molar-refractivity contribution is 7.99. The van der Waals surface area contributed by atoms with Gasteiger partial charge in [-0.1, -0.05) is 0 Å².